The highest BCUT2D eigenvalue weighted by Gasteiger charge is 2.12. The van der Waals surface area contributed by atoms with Gasteiger partial charge in [-0.05, 0) is 42.7 Å². The monoisotopic (exact) mass is 449 g/mol. The van der Waals surface area contributed by atoms with Crippen LogP contribution in [0.3, 0.4) is 0 Å². The van der Waals surface area contributed by atoms with Crippen LogP contribution in [-0.4, -0.2) is 15.5 Å². The van der Waals surface area contributed by atoms with E-state index in [1.165, 1.54) is 11.8 Å². The molecule has 0 atom stereocenters. The molecule has 3 rings (SSSR count). The number of nitrogens with zero attached hydrogens (tertiary/aromatic N) is 2. The number of amides is 1. The largest absolute Gasteiger partial charge is 0.370 e. The Kier molecular flexibility index (Phi) is 7.58. The molecule has 1 aromatic heterocycles. The highest BCUT2D eigenvalue weighted by atomic mass is 35.5. The van der Waals surface area contributed by atoms with Crippen molar-refractivity contribution in [1.29, 1.82) is 0 Å². The van der Waals surface area contributed by atoms with Crippen LogP contribution in [0.5, 0.6) is 0 Å². The Morgan fingerprint density at radius 1 is 1.07 bits per heavy atom. The molecule has 3 aromatic rings. The zero-order chi connectivity index (χ0) is 20.8. The predicted molar refractivity (Wildman–Crippen MR) is 120 cm³/mol. The summed E-state index contributed by atoms with van der Waals surface area (Å²) in [5, 5.41) is 2.28. The van der Waals surface area contributed by atoms with E-state index in [2.05, 4.69) is 0 Å². The molecule has 0 saturated carbocycles. The van der Waals surface area contributed by atoms with Gasteiger partial charge in [0.2, 0.25) is 5.91 Å². The second-order valence-corrected chi connectivity index (χ2v) is 8.44. The molecule has 2 N–H and O–H groups in total. The Morgan fingerprint density at radius 2 is 1.86 bits per heavy atom. The highest BCUT2D eigenvalue weighted by molar-refractivity contribution is 7.98. The van der Waals surface area contributed by atoms with E-state index < -0.39 is 0 Å². The number of thioether (sulfide) groups is 1. The highest BCUT2D eigenvalue weighted by Crippen LogP contribution is 2.27. The first kappa shape index (κ1) is 21.7. The lowest BCUT2D eigenvalue weighted by Gasteiger charge is -2.13. The van der Waals surface area contributed by atoms with E-state index in [9.17, 15) is 9.59 Å². The van der Waals surface area contributed by atoms with Crippen LogP contribution < -0.4 is 11.3 Å². The van der Waals surface area contributed by atoms with Crippen LogP contribution in [0.4, 0.5) is 0 Å². The average Bonchev–Trinajstić information content (AvgIpc) is 2.70. The Morgan fingerprint density at radius 3 is 2.62 bits per heavy atom. The number of carbonyl (C=O) groups excluding carboxylic acids is 1. The van der Waals surface area contributed by atoms with Crippen molar-refractivity contribution in [2.75, 3.05) is 0 Å². The Bertz CT molecular complexity index is 1090. The van der Waals surface area contributed by atoms with E-state index in [1.54, 1.807) is 16.7 Å². The zero-order valence-corrected chi connectivity index (χ0v) is 18.1. The van der Waals surface area contributed by atoms with Crippen LogP contribution in [0.1, 0.15) is 31.2 Å². The lowest BCUT2D eigenvalue weighted by molar-refractivity contribution is -0.118. The van der Waals surface area contributed by atoms with Gasteiger partial charge < -0.3 is 5.73 Å². The molecule has 0 aliphatic heterocycles. The van der Waals surface area contributed by atoms with Gasteiger partial charge in [-0.3, -0.25) is 14.2 Å². The molecule has 0 spiro atoms. The van der Waals surface area contributed by atoms with Crippen molar-refractivity contribution in [1.82, 2.24) is 9.55 Å². The maximum Gasteiger partial charge on any atom is 0.262 e. The van der Waals surface area contributed by atoms with E-state index in [4.69, 9.17) is 33.9 Å². The number of aromatic nitrogens is 2. The summed E-state index contributed by atoms with van der Waals surface area (Å²) in [6.07, 6.45) is 2.67. The van der Waals surface area contributed by atoms with Gasteiger partial charge in [-0.15, -0.1) is 0 Å². The molecule has 0 aliphatic carbocycles. The quantitative estimate of drug-likeness (QED) is 0.281. The summed E-state index contributed by atoms with van der Waals surface area (Å²) in [4.78, 5) is 28.6. The minimum atomic E-state index is -0.299. The number of hydrogen-bond donors (Lipinski definition) is 1. The van der Waals surface area contributed by atoms with E-state index in [0.29, 0.717) is 44.8 Å². The molecule has 0 saturated heterocycles. The average molecular weight is 450 g/mol. The van der Waals surface area contributed by atoms with Gasteiger partial charge in [0, 0.05) is 18.7 Å². The first-order chi connectivity index (χ1) is 14.0. The van der Waals surface area contributed by atoms with E-state index in [1.807, 2.05) is 30.3 Å². The fourth-order valence-electron chi connectivity index (χ4n) is 2.98. The molecule has 5 nitrogen and oxygen atoms in total. The van der Waals surface area contributed by atoms with Crippen LogP contribution in [0, 0.1) is 0 Å². The number of nitrogens with two attached hydrogens (primary N) is 1. The summed E-state index contributed by atoms with van der Waals surface area (Å²) in [6, 6.07) is 12.8. The van der Waals surface area contributed by atoms with Crippen molar-refractivity contribution in [2.45, 2.75) is 43.1 Å². The van der Waals surface area contributed by atoms with Crippen LogP contribution >= 0.6 is 35.0 Å². The first-order valence-corrected chi connectivity index (χ1v) is 11.0. The second-order valence-electron chi connectivity index (χ2n) is 6.68. The summed E-state index contributed by atoms with van der Waals surface area (Å²) in [5.74, 6) is 0.316. The Balaban J connectivity index is 1.82. The summed E-state index contributed by atoms with van der Waals surface area (Å²) < 4.78 is 1.72. The molecule has 2 aromatic carbocycles. The fourth-order valence-corrected chi connectivity index (χ4v) is 4.27. The predicted octanol–water partition coefficient (Wildman–Crippen LogP) is 5.04. The van der Waals surface area contributed by atoms with Crippen molar-refractivity contribution in [2.24, 2.45) is 5.73 Å². The number of para-hydroxylation sites is 1. The number of primary amides is 1. The standard InChI is InChI=1S/C21H21Cl2N3O2S/c22-16-10-9-14(12-17(16)23)13-29-21-25-18-7-4-3-6-15(18)20(28)26(21)11-5-1-2-8-19(24)27/h3-4,6-7,9-10,12H,1-2,5,8,11,13H2,(H2,24,27). The van der Waals surface area contributed by atoms with Gasteiger partial charge in [0.25, 0.3) is 5.56 Å². The molecule has 0 radical (unpaired) electrons. The van der Waals surface area contributed by atoms with Gasteiger partial charge in [0.1, 0.15) is 0 Å². The van der Waals surface area contributed by atoms with Crippen molar-refractivity contribution >= 4 is 51.8 Å². The summed E-state index contributed by atoms with van der Waals surface area (Å²) >= 11 is 13.6. The summed E-state index contributed by atoms with van der Waals surface area (Å²) in [7, 11) is 0. The minimum absolute atomic E-state index is 0.0536. The van der Waals surface area contributed by atoms with Gasteiger partial charge in [0.05, 0.1) is 20.9 Å². The molecule has 152 valence electrons. The third kappa shape index (κ3) is 5.75. The number of benzene rings is 2. The maximum atomic E-state index is 13.0. The molecule has 0 fully saturated rings. The molecule has 1 heterocycles. The first-order valence-electron chi connectivity index (χ1n) is 9.30. The normalized spacial score (nSPS) is 11.1. The molecule has 8 heteroatoms. The van der Waals surface area contributed by atoms with Crippen molar-refractivity contribution in [3.63, 3.8) is 0 Å². The van der Waals surface area contributed by atoms with E-state index in [-0.39, 0.29) is 11.5 Å². The fraction of sp³-hybridized carbons (Fsp3) is 0.286. The number of halogens is 2. The van der Waals surface area contributed by atoms with Crippen molar-refractivity contribution < 1.29 is 4.79 Å². The smallest absolute Gasteiger partial charge is 0.262 e. The van der Waals surface area contributed by atoms with Crippen LogP contribution in [0.2, 0.25) is 10.0 Å². The van der Waals surface area contributed by atoms with Crippen molar-refractivity contribution in [3.05, 3.63) is 68.4 Å². The van der Waals surface area contributed by atoms with Crippen LogP contribution in [0.25, 0.3) is 10.9 Å². The van der Waals surface area contributed by atoms with Gasteiger partial charge in [-0.2, -0.15) is 0 Å². The number of carbonyl (C=O) groups is 1. The Labute approximate surface area is 183 Å². The summed E-state index contributed by atoms with van der Waals surface area (Å²) in [6.45, 7) is 0.541. The number of rotatable bonds is 9. The zero-order valence-electron chi connectivity index (χ0n) is 15.7. The van der Waals surface area contributed by atoms with Crippen LogP contribution in [-0.2, 0) is 17.1 Å². The van der Waals surface area contributed by atoms with E-state index >= 15 is 0 Å². The third-order valence-corrected chi connectivity index (χ3v) is 6.27. The summed E-state index contributed by atoms with van der Waals surface area (Å²) in [5.41, 5.74) is 6.81. The number of hydrogen-bond acceptors (Lipinski definition) is 4. The molecular weight excluding hydrogens is 429 g/mol. The lowest BCUT2D eigenvalue weighted by atomic mass is 10.2. The second kappa shape index (κ2) is 10.1. The van der Waals surface area contributed by atoms with Gasteiger partial charge in [-0.1, -0.05) is 59.6 Å². The maximum absolute atomic E-state index is 13.0. The van der Waals surface area contributed by atoms with E-state index in [0.717, 1.165) is 24.8 Å². The Hall–Kier alpha value is -2.02. The topological polar surface area (TPSA) is 78.0 Å². The number of unbranched alkanes of at least 4 members (excludes halogenated alkanes) is 2. The number of fused-ring (bicyclic) bond motifs is 1. The molecule has 0 aliphatic rings. The van der Waals surface area contributed by atoms with Gasteiger partial charge in [0.15, 0.2) is 5.16 Å². The SMILES string of the molecule is NC(=O)CCCCCn1c(SCc2ccc(Cl)c(Cl)c2)nc2ccccc2c1=O. The molecule has 0 unspecified atom stereocenters. The van der Waals surface area contributed by atoms with Gasteiger partial charge >= 0.3 is 0 Å². The molecule has 29 heavy (non-hydrogen) atoms. The minimum Gasteiger partial charge on any atom is -0.370 e. The third-order valence-electron chi connectivity index (χ3n) is 4.48. The van der Waals surface area contributed by atoms with Gasteiger partial charge in [-0.25, -0.2) is 4.98 Å². The lowest BCUT2D eigenvalue weighted by Crippen LogP contribution is -2.23. The van der Waals surface area contributed by atoms with Crippen molar-refractivity contribution in [3.8, 4) is 0 Å². The van der Waals surface area contributed by atoms with Crippen LogP contribution in [0.15, 0.2) is 52.4 Å². The molecular formula is C21H21Cl2N3O2S. The molecule has 1 amide bonds. The molecule has 0 bridgehead atoms.